The van der Waals surface area contributed by atoms with Gasteiger partial charge in [0, 0.05) is 12.7 Å². The first-order valence-electron chi connectivity index (χ1n) is 4.47. The van der Waals surface area contributed by atoms with Crippen LogP contribution in [0.15, 0.2) is 18.2 Å². The lowest BCUT2D eigenvalue weighted by Crippen LogP contribution is -2.00. The summed E-state index contributed by atoms with van der Waals surface area (Å²) >= 11 is 0. The maximum Gasteiger partial charge on any atom is 0.214 e. The molecule has 1 aromatic rings. The van der Waals surface area contributed by atoms with E-state index < -0.39 is 0 Å². The number of aliphatic hydroxyl groups is 1. The molecule has 0 spiro atoms. The fourth-order valence-electron chi connectivity index (χ4n) is 0.948. The van der Waals surface area contributed by atoms with Gasteiger partial charge in [0.2, 0.25) is 5.88 Å². The molecule has 1 heterocycles. The third kappa shape index (κ3) is 3.42. The summed E-state index contributed by atoms with van der Waals surface area (Å²) in [5.74, 6) is 0.460. The van der Waals surface area contributed by atoms with Gasteiger partial charge in [-0.1, -0.05) is 6.07 Å². The Labute approximate surface area is 82.8 Å². The summed E-state index contributed by atoms with van der Waals surface area (Å²) in [6.07, 6.45) is 1.51. The van der Waals surface area contributed by atoms with Crippen LogP contribution in [-0.4, -0.2) is 23.3 Å². The fraction of sp³-hybridized carbons (Fsp3) is 0.400. The molecule has 0 saturated heterocycles. The van der Waals surface area contributed by atoms with Crippen LogP contribution in [0, 0.1) is 11.3 Å². The first kappa shape index (κ1) is 10.5. The summed E-state index contributed by atoms with van der Waals surface area (Å²) in [7, 11) is 0. The SMILES string of the molecule is N#Cc1cccc(OCCCCO)n1. The molecule has 0 amide bonds. The molecule has 0 saturated carbocycles. The molecule has 4 heteroatoms. The van der Waals surface area contributed by atoms with E-state index in [1.54, 1.807) is 18.2 Å². The van der Waals surface area contributed by atoms with Crippen LogP contribution in [-0.2, 0) is 0 Å². The standard InChI is InChI=1S/C10H12N2O2/c11-8-9-4-3-5-10(12-9)14-7-2-1-6-13/h3-5,13H,1-2,6-7H2. The van der Waals surface area contributed by atoms with Gasteiger partial charge < -0.3 is 9.84 Å². The van der Waals surface area contributed by atoms with E-state index in [1.165, 1.54) is 0 Å². The fourth-order valence-corrected chi connectivity index (χ4v) is 0.948. The van der Waals surface area contributed by atoms with E-state index in [9.17, 15) is 0 Å². The van der Waals surface area contributed by atoms with Gasteiger partial charge in [-0.3, -0.25) is 0 Å². The quantitative estimate of drug-likeness (QED) is 0.709. The Hall–Kier alpha value is -1.60. The zero-order valence-corrected chi connectivity index (χ0v) is 7.81. The Balaban J connectivity index is 2.39. The number of unbranched alkanes of at least 4 members (excludes halogenated alkanes) is 1. The molecule has 4 nitrogen and oxygen atoms in total. The Morgan fingerprint density at radius 3 is 3.00 bits per heavy atom. The van der Waals surface area contributed by atoms with Gasteiger partial charge in [-0.05, 0) is 18.9 Å². The largest absolute Gasteiger partial charge is 0.478 e. The average molecular weight is 192 g/mol. The lowest BCUT2D eigenvalue weighted by atomic mass is 10.3. The summed E-state index contributed by atoms with van der Waals surface area (Å²) in [5.41, 5.74) is 0.352. The number of nitriles is 1. The molecule has 0 aromatic carbocycles. The first-order valence-corrected chi connectivity index (χ1v) is 4.47. The van der Waals surface area contributed by atoms with Gasteiger partial charge >= 0.3 is 0 Å². The number of nitrogens with zero attached hydrogens (tertiary/aromatic N) is 2. The van der Waals surface area contributed by atoms with Crippen LogP contribution in [0.1, 0.15) is 18.5 Å². The molecule has 0 radical (unpaired) electrons. The molecule has 0 aliphatic carbocycles. The topological polar surface area (TPSA) is 66.1 Å². The molecule has 1 rings (SSSR count). The van der Waals surface area contributed by atoms with Crippen molar-refractivity contribution in [2.24, 2.45) is 0 Å². The van der Waals surface area contributed by atoms with Crippen molar-refractivity contribution < 1.29 is 9.84 Å². The van der Waals surface area contributed by atoms with Crippen molar-refractivity contribution in [2.45, 2.75) is 12.8 Å². The van der Waals surface area contributed by atoms with Crippen LogP contribution in [0.4, 0.5) is 0 Å². The zero-order valence-electron chi connectivity index (χ0n) is 7.81. The van der Waals surface area contributed by atoms with E-state index >= 15 is 0 Å². The van der Waals surface area contributed by atoms with Crippen LogP contribution in [0.25, 0.3) is 0 Å². The summed E-state index contributed by atoms with van der Waals surface area (Å²) in [6.45, 7) is 0.692. The van der Waals surface area contributed by atoms with Crippen molar-refractivity contribution in [3.8, 4) is 11.9 Å². The Morgan fingerprint density at radius 2 is 2.29 bits per heavy atom. The summed E-state index contributed by atoms with van der Waals surface area (Å²) < 4.78 is 5.28. The van der Waals surface area contributed by atoms with Gasteiger partial charge in [0.15, 0.2) is 0 Å². The van der Waals surface area contributed by atoms with E-state index in [-0.39, 0.29) is 6.61 Å². The van der Waals surface area contributed by atoms with Gasteiger partial charge in [0.05, 0.1) is 6.61 Å². The van der Waals surface area contributed by atoms with Crippen LogP contribution in [0.5, 0.6) is 5.88 Å². The Bertz CT molecular complexity index is 320. The maximum atomic E-state index is 8.57. The van der Waals surface area contributed by atoms with E-state index in [1.807, 2.05) is 6.07 Å². The number of pyridine rings is 1. The number of aliphatic hydroxyl groups excluding tert-OH is 1. The molecule has 74 valence electrons. The van der Waals surface area contributed by atoms with Crippen LogP contribution in [0.3, 0.4) is 0 Å². The first-order chi connectivity index (χ1) is 6.86. The van der Waals surface area contributed by atoms with Gasteiger partial charge in [0.25, 0.3) is 0 Å². The van der Waals surface area contributed by atoms with Crippen LogP contribution >= 0.6 is 0 Å². The predicted molar refractivity (Wildman–Crippen MR) is 50.8 cm³/mol. The maximum absolute atomic E-state index is 8.57. The molecule has 1 aromatic heterocycles. The molecule has 0 aliphatic rings. The lowest BCUT2D eigenvalue weighted by molar-refractivity contribution is 0.249. The summed E-state index contributed by atoms with van der Waals surface area (Å²) in [5, 5.41) is 17.1. The number of rotatable bonds is 5. The van der Waals surface area contributed by atoms with Crippen molar-refractivity contribution in [2.75, 3.05) is 13.2 Å². The summed E-state index contributed by atoms with van der Waals surface area (Å²) in [6, 6.07) is 7.00. The van der Waals surface area contributed by atoms with Crippen molar-refractivity contribution in [1.82, 2.24) is 4.98 Å². The molecule has 14 heavy (non-hydrogen) atoms. The highest BCUT2D eigenvalue weighted by atomic mass is 16.5. The molecular formula is C10H12N2O2. The van der Waals surface area contributed by atoms with Crippen molar-refractivity contribution >= 4 is 0 Å². The van der Waals surface area contributed by atoms with Crippen LogP contribution in [0.2, 0.25) is 0 Å². The third-order valence-corrected chi connectivity index (χ3v) is 1.64. The minimum atomic E-state index is 0.176. The highest BCUT2D eigenvalue weighted by Crippen LogP contribution is 2.07. The normalized spacial score (nSPS) is 9.43. The van der Waals surface area contributed by atoms with Crippen molar-refractivity contribution in [3.05, 3.63) is 23.9 Å². The van der Waals surface area contributed by atoms with Gasteiger partial charge in [0.1, 0.15) is 11.8 Å². The van der Waals surface area contributed by atoms with Gasteiger partial charge in [-0.25, -0.2) is 4.98 Å². The summed E-state index contributed by atoms with van der Waals surface area (Å²) in [4.78, 5) is 3.94. The predicted octanol–water partition coefficient (Wildman–Crippen LogP) is 1.10. The third-order valence-electron chi connectivity index (χ3n) is 1.64. The highest BCUT2D eigenvalue weighted by molar-refractivity contribution is 5.24. The van der Waals surface area contributed by atoms with Crippen molar-refractivity contribution in [3.63, 3.8) is 0 Å². The smallest absolute Gasteiger partial charge is 0.214 e. The van der Waals surface area contributed by atoms with Gasteiger partial charge in [-0.15, -0.1) is 0 Å². The second-order valence-electron chi connectivity index (χ2n) is 2.75. The molecule has 1 N–H and O–H groups in total. The Morgan fingerprint density at radius 1 is 1.43 bits per heavy atom. The van der Waals surface area contributed by atoms with E-state index in [0.717, 1.165) is 12.8 Å². The second kappa shape index (κ2) is 5.95. The second-order valence-corrected chi connectivity index (χ2v) is 2.75. The molecule has 0 aliphatic heterocycles. The molecule has 0 unspecified atom stereocenters. The number of ether oxygens (including phenoxy) is 1. The number of hydrogen-bond donors (Lipinski definition) is 1. The van der Waals surface area contributed by atoms with Gasteiger partial charge in [-0.2, -0.15) is 5.26 Å². The lowest BCUT2D eigenvalue weighted by Gasteiger charge is -2.03. The molecular weight excluding hydrogens is 180 g/mol. The average Bonchev–Trinajstić information content (AvgIpc) is 2.25. The van der Waals surface area contributed by atoms with E-state index in [2.05, 4.69) is 4.98 Å². The molecule has 0 fully saturated rings. The monoisotopic (exact) mass is 192 g/mol. The highest BCUT2D eigenvalue weighted by Gasteiger charge is 1.96. The zero-order chi connectivity index (χ0) is 10.2. The molecule has 0 bridgehead atoms. The van der Waals surface area contributed by atoms with Crippen LogP contribution < -0.4 is 4.74 Å². The van der Waals surface area contributed by atoms with E-state index in [4.69, 9.17) is 15.1 Å². The minimum Gasteiger partial charge on any atom is -0.478 e. The van der Waals surface area contributed by atoms with E-state index in [0.29, 0.717) is 18.2 Å². The molecule has 0 atom stereocenters. The number of hydrogen-bond acceptors (Lipinski definition) is 4. The number of aromatic nitrogens is 1. The Kier molecular flexibility index (Phi) is 4.45. The van der Waals surface area contributed by atoms with Crippen molar-refractivity contribution in [1.29, 1.82) is 5.26 Å². The minimum absolute atomic E-state index is 0.176.